The van der Waals surface area contributed by atoms with Crippen molar-refractivity contribution in [2.45, 2.75) is 4.90 Å². The van der Waals surface area contributed by atoms with Gasteiger partial charge in [0.25, 0.3) is 11.4 Å². The second kappa shape index (κ2) is 8.65. The van der Waals surface area contributed by atoms with Crippen molar-refractivity contribution in [2.24, 2.45) is 0 Å². The molecule has 0 amide bonds. The monoisotopic (exact) mass is 450 g/mol. The summed E-state index contributed by atoms with van der Waals surface area (Å²) in [7, 11) is -2.79. The lowest BCUT2D eigenvalue weighted by Crippen LogP contribution is -2.49. The maximum Gasteiger partial charge on any atom is 0.340 e. The highest BCUT2D eigenvalue weighted by molar-refractivity contribution is 7.89. The van der Waals surface area contributed by atoms with E-state index < -0.39 is 25.8 Å². The molecule has 1 fully saturated rings. The van der Waals surface area contributed by atoms with Crippen molar-refractivity contribution in [2.75, 3.05) is 38.2 Å². The molecule has 0 atom stereocenters. The number of hydrogen-bond acceptors (Lipinski definition) is 9. The van der Waals surface area contributed by atoms with Crippen molar-refractivity contribution < 1.29 is 27.8 Å². The molecular weight excluding hydrogens is 432 g/mol. The van der Waals surface area contributed by atoms with Crippen LogP contribution in [0.15, 0.2) is 47.4 Å². The fourth-order valence-corrected chi connectivity index (χ4v) is 4.73. The van der Waals surface area contributed by atoms with E-state index in [-0.39, 0.29) is 48.0 Å². The molecule has 0 N–H and O–H groups in total. The standard InChI is InChI=1S/C18H18N4O8S/c1-30-18(23)16-12-14(22(26)27)5-6-17(16)19-7-9-20(10-8-19)31(28,29)15-4-2-3-13(11-15)21(24)25/h2-6,11-12H,7-10H2,1H3. The van der Waals surface area contributed by atoms with Crippen LogP contribution < -0.4 is 4.90 Å². The third-order valence-electron chi connectivity index (χ3n) is 4.84. The number of piperazine rings is 1. The maximum atomic E-state index is 12.9. The van der Waals surface area contributed by atoms with Crippen LogP contribution in [0.5, 0.6) is 0 Å². The van der Waals surface area contributed by atoms with Gasteiger partial charge >= 0.3 is 5.97 Å². The summed E-state index contributed by atoms with van der Waals surface area (Å²) >= 11 is 0. The Labute approximate surface area is 177 Å². The number of methoxy groups -OCH3 is 1. The Kier molecular flexibility index (Phi) is 6.17. The smallest absolute Gasteiger partial charge is 0.340 e. The topological polar surface area (TPSA) is 153 Å². The number of nitro groups is 2. The first kappa shape index (κ1) is 22.1. The average Bonchev–Trinajstić information content (AvgIpc) is 2.78. The number of anilines is 1. The van der Waals surface area contributed by atoms with Gasteiger partial charge in [-0.3, -0.25) is 20.2 Å². The lowest BCUT2D eigenvalue weighted by atomic mass is 10.1. The lowest BCUT2D eigenvalue weighted by molar-refractivity contribution is -0.385. The third kappa shape index (κ3) is 4.46. The minimum Gasteiger partial charge on any atom is -0.465 e. The second-order valence-electron chi connectivity index (χ2n) is 6.60. The zero-order chi connectivity index (χ0) is 22.8. The molecule has 13 heteroatoms. The number of nitro benzene ring substituents is 2. The summed E-state index contributed by atoms with van der Waals surface area (Å²) < 4.78 is 31.7. The predicted octanol–water partition coefficient (Wildman–Crippen LogP) is 1.80. The molecule has 2 aromatic rings. The molecule has 12 nitrogen and oxygen atoms in total. The number of ether oxygens (including phenoxy) is 1. The summed E-state index contributed by atoms with van der Waals surface area (Å²) in [5, 5.41) is 22.0. The van der Waals surface area contributed by atoms with Crippen molar-refractivity contribution >= 4 is 33.1 Å². The largest absolute Gasteiger partial charge is 0.465 e. The number of rotatable bonds is 6. The summed E-state index contributed by atoms with van der Waals surface area (Å²) in [5.41, 5.74) is -0.194. The molecular formula is C18H18N4O8S. The quantitative estimate of drug-likeness (QED) is 0.364. The summed E-state index contributed by atoms with van der Waals surface area (Å²) in [4.78, 5) is 34.3. The highest BCUT2D eigenvalue weighted by atomic mass is 32.2. The Balaban J connectivity index is 1.82. The lowest BCUT2D eigenvalue weighted by Gasteiger charge is -2.36. The number of nitrogens with zero attached hydrogens (tertiary/aromatic N) is 4. The molecule has 164 valence electrons. The highest BCUT2D eigenvalue weighted by Crippen LogP contribution is 2.29. The van der Waals surface area contributed by atoms with Gasteiger partial charge in [0, 0.05) is 50.4 Å². The first-order valence-electron chi connectivity index (χ1n) is 9.01. The van der Waals surface area contributed by atoms with E-state index >= 15 is 0 Å². The molecule has 2 aromatic carbocycles. The third-order valence-corrected chi connectivity index (χ3v) is 6.74. The van der Waals surface area contributed by atoms with Gasteiger partial charge in [-0.25, -0.2) is 13.2 Å². The normalized spacial score (nSPS) is 14.8. The molecule has 0 spiro atoms. The van der Waals surface area contributed by atoms with Crippen molar-refractivity contribution in [1.29, 1.82) is 0 Å². The van der Waals surface area contributed by atoms with Gasteiger partial charge in [0.2, 0.25) is 10.0 Å². The molecule has 1 aliphatic heterocycles. The van der Waals surface area contributed by atoms with Gasteiger partial charge in [0.05, 0.1) is 33.1 Å². The fourth-order valence-electron chi connectivity index (χ4n) is 3.26. The Bertz CT molecular complexity index is 1140. The molecule has 0 bridgehead atoms. The van der Waals surface area contributed by atoms with Crippen LogP contribution in [0.1, 0.15) is 10.4 Å². The Morgan fingerprint density at radius 1 is 0.968 bits per heavy atom. The van der Waals surface area contributed by atoms with Crippen LogP contribution in [0, 0.1) is 20.2 Å². The summed E-state index contributed by atoms with van der Waals surface area (Å²) in [6, 6.07) is 8.62. The van der Waals surface area contributed by atoms with E-state index in [1.807, 2.05) is 0 Å². The van der Waals surface area contributed by atoms with Gasteiger partial charge in [-0.15, -0.1) is 0 Å². The van der Waals surface area contributed by atoms with Crippen LogP contribution in [0.25, 0.3) is 0 Å². The molecule has 0 saturated carbocycles. The van der Waals surface area contributed by atoms with E-state index in [4.69, 9.17) is 4.74 Å². The van der Waals surface area contributed by atoms with Crippen molar-refractivity contribution in [3.05, 3.63) is 68.3 Å². The van der Waals surface area contributed by atoms with E-state index in [1.54, 1.807) is 4.90 Å². The van der Waals surface area contributed by atoms with Gasteiger partial charge in [0.15, 0.2) is 0 Å². The molecule has 0 radical (unpaired) electrons. The number of non-ortho nitro benzene ring substituents is 2. The molecule has 0 unspecified atom stereocenters. The number of carbonyl (C=O) groups excluding carboxylic acids is 1. The highest BCUT2D eigenvalue weighted by Gasteiger charge is 2.31. The van der Waals surface area contributed by atoms with Crippen LogP contribution in [0.4, 0.5) is 17.1 Å². The fraction of sp³-hybridized carbons (Fsp3) is 0.278. The molecule has 1 heterocycles. The van der Waals surface area contributed by atoms with Crippen LogP contribution in [0.3, 0.4) is 0 Å². The van der Waals surface area contributed by atoms with Gasteiger partial charge < -0.3 is 9.64 Å². The zero-order valence-corrected chi connectivity index (χ0v) is 17.1. The number of carbonyl (C=O) groups is 1. The SMILES string of the molecule is COC(=O)c1cc([N+](=O)[O-])ccc1N1CCN(S(=O)(=O)c2cccc([N+](=O)[O-])c2)CC1. The van der Waals surface area contributed by atoms with Crippen LogP contribution >= 0.6 is 0 Å². The van der Waals surface area contributed by atoms with E-state index in [0.717, 1.165) is 19.2 Å². The van der Waals surface area contributed by atoms with E-state index in [9.17, 15) is 33.4 Å². The van der Waals surface area contributed by atoms with Crippen LogP contribution in [0.2, 0.25) is 0 Å². The van der Waals surface area contributed by atoms with Gasteiger partial charge in [-0.2, -0.15) is 4.31 Å². The Morgan fingerprint density at radius 3 is 2.16 bits per heavy atom. The van der Waals surface area contributed by atoms with Crippen LogP contribution in [-0.4, -0.2) is 61.8 Å². The maximum absolute atomic E-state index is 12.9. The van der Waals surface area contributed by atoms with E-state index in [1.165, 1.54) is 34.6 Å². The molecule has 31 heavy (non-hydrogen) atoms. The summed E-state index contributed by atoms with van der Waals surface area (Å²) in [6.45, 7) is 0.525. The molecule has 1 aliphatic rings. The van der Waals surface area contributed by atoms with Crippen LogP contribution in [-0.2, 0) is 14.8 Å². The minimum absolute atomic E-state index is 0.00620. The number of sulfonamides is 1. The number of esters is 1. The Morgan fingerprint density at radius 2 is 1.58 bits per heavy atom. The van der Waals surface area contributed by atoms with Crippen molar-refractivity contribution in [1.82, 2.24) is 4.31 Å². The van der Waals surface area contributed by atoms with Gasteiger partial charge in [-0.1, -0.05) is 6.07 Å². The second-order valence-corrected chi connectivity index (χ2v) is 8.53. The predicted molar refractivity (Wildman–Crippen MR) is 109 cm³/mol. The van der Waals surface area contributed by atoms with Gasteiger partial charge in [0.1, 0.15) is 0 Å². The van der Waals surface area contributed by atoms with Crippen molar-refractivity contribution in [3.63, 3.8) is 0 Å². The van der Waals surface area contributed by atoms with E-state index in [0.29, 0.717) is 5.69 Å². The first-order valence-corrected chi connectivity index (χ1v) is 10.5. The van der Waals surface area contributed by atoms with Crippen molar-refractivity contribution in [3.8, 4) is 0 Å². The number of hydrogen-bond donors (Lipinski definition) is 0. The van der Waals surface area contributed by atoms with E-state index in [2.05, 4.69) is 0 Å². The summed E-state index contributed by atoms with van der Waals surface area (Å²) in [6.07, 6.45) is 0. The Hall–Kier alpha value is -3.58. The minimum atomic E-state index is -3.95. The first-order chi connectivity index (χ1) is 14.6. The molecule has 1 saturated heterocycles. The van der Waals surface area contributed by atoms with Gasteiger partial charge in [-0.05, 0) is 12.1 Å². The number of benzene rings is 2. The average molecular weight is 450 g/mol. The summed E-state index contributed by atoms with van der Waals surface area (Å²) in [5.74, 6) is -0.745. The molecule has 3 rings (SSSR count). The molecule has 0 aliphatic carbocycles. The molecule has 0 aromatic heterocycles. The zero-order valence-electron chi connectivity index (χ0n) is 16.3.